The van der Waals surface area contributed by atoms with E-state index in [2.05, 4.69) is 30.6 Å². The van der Waals surface area contributed by atoms with Crippen molar-refractivity contribution < 1.29 is 23.1 Å². The highest BCUT2D eigenvalue weighted by Crippen LogP contribution is 2.31. The Labute approximate surface area is 236 Å². The third-order valence-corrected chi connectivity index (χ3v) is 7.18. The summed E-state index contributed by atoms with van der Waals surface area (Å²) in [7, 11) is -2.70. The predicted octanol–water partition coefficient (Wildman–Crippen LogP) is 4.94. The number of aromatic nitrogens is 2. The zero-order valence-electron chi connectivity index (χ0n) is 21.8. The van der Waals surface area contributed by atoms with E-state index in [1.807, 2.05) is 30.3 Å². The molecule has 0 radical (unpaired) electrons. The molecule has 0 saturated carbocycles. The number of benzene rings is 4. The number of methoxy groups -OCH3 is 1. The molecular weight excluding hydrogens is 544 g/mol. The lowest BCUT2D eigenvalue weighted by molar-refractivity contribution is -0.114. The maximum absolute atomic E-state index is 13.5. The number of hydrogen-bond acceptors (Lipinski definition) is 9. The summed E-state index contributed by atoms with van der Waals surface area (Å²) in [4.78, 5) is 21.4. The number of para-hydroxylation sites is 3. The van der Waals surface area contributed by atoms with E-state index in [0.717, 1.165) is 5.69 Å². The molecule has 11 nitrogen and oxygen atoms in total. The number of anilines is 5. The van der Waals surface area contributed by atoms with Crippen molar-refractivity contribution in [2.45, 2.75) is 4.90 Å². The van der Waals surface area contributed by atoms with Gasteiger partial charge in [-0.15, -0.1) is 0 Å². The minimum Gasteiger partial charge on any atom is -0.508 e. The summed E-state index contributed by atoms with van der Waals surface area (Å²) < 4.78 is 34.6. The van der Waals surface area contributed by atoms with Crippen molar-refractivity contribution in [1.29, 1.82) is 0 Å². The Bertz CT molecular complexity index is 1820. The lowest BCUT2D eigenvalue weighted by Gasteiger charge is -2.15. The fraction of sp³-hybridized carbons (Fsp3) is 0.0690. The minimum atomic E-state index is -4.16. The summed E-state index contributed by atoms with van der Waals surface area (Å²) in [6.45, 7) is 0.000769. The molecule has 0 aliphatic heterocycles. The minimum absolute atomic E-state index is 0.000769. The van der Waals surface area contributed by atoms with Crippen LogP contribution in [0.15, 0.2) is 102 Å². The van der Waals surface area contributed by atoms with Crippen molar-refractivity contribution in [3.05, 3.63) is 97.1 Å². The van der Waals surface area contributed by atoms with Gasteiger partial charge in [0.2, 0.25) is 5.91 Å². The molecule has 1 heterocycles. The molecule has 5 N–H and O–H groups in total. The molecule has 208 valence electrons. The van der Waals surface area contributed by atoms with Crippen LogP contribution in [0.3, 0.4) is 0 Å². The second kappa shape index (κ2) is 11.8. The average Bonchev–Trinajstić information content (AvgIpc) is 2.96. The molecular formula is C29H26N6O5S. The van der Waals surface area contributed by atoms with Crippen LogP contribution in [0.1, 0.15) is 0 Å². The number of rotatable bonds is 10. The van der Waals surface area contributed by atoms with E-state index in [1.165, 1.54) is 37.4 Å². The standard InChI is InChI=1S/C29H26N6O5S/c1-40-23-15-21(14-22(36)17-23)32-28-29(34-26-13-6-5-12-25(26)33-28)35-41(38,39)24-11-7-10-20(16-24)31-27(37)18-30-19-8-3-2-4-9-19/h2-17,30,36H,18H2,1H3,(H,31,37)(H,32,33)(H,34,35). The third kappa shape index (κ3) is 6.81. The summed E-state index contributed by atoms with van der Waals surface area (Å²) in [5.41, 5.74) is 2.49. The maximum atomic E-state index is 13.5. The van der Waals surface area contributed by atoms with Gasteiger partial charge in [-0.1, -0.05) is 36.4 Å². The number of nitrogens with zero attached hydrogens (tertiary/aromatic N) is 2. The first-order valence-electron chi connectivity index (χ1n) is 12.4. The van der Waals surface area contributed by atoms with Crippen LogP contribution in [0.5, 0.6) is 11.5 Å². The van der Waals surface area contributed by atoms with Crippen molar-refractivity contribution in [1.82, 2.24) is 9.97 Å². The molecule has 5 aromatic rings. The summed E-state index contributed by atoms with van der Waals surface area (Å²) in [6, 6.07) is 26.6. The van der Waals surface area contributed by atoms with Crippen LogP contribution in [-0.2, 0) is 14.8 Å². The van der Waals surface area contributed by atoms with Crippen LogP contribution in [0.4, 0.5) is 28.7 Å². The SMILES string of the molecule is COc1cc(O)cc(Nc2nc3ccccc3nc2NS(=O)(=O)c2cccc(NC(=O)CNc3ccccc3)c2)c1. The topological polar surface area (TPSA) is 155 Å². The van der Waals surface area contributed by atoms with E-state index in [9.17, 15) is 18.3 Å². The van der Waals surface area contributed by atoms with Gasteiger partial charge in [-0.25, -0.2) is 18.4 Å². The Morgan fingerprint density at radius 2 is 1.49 bits per heavy atom. The van der Waals surface area contributed by atoms with Crippen molar-refractivity contribution in [2.75, 3.05) is 34.3 Å². The number of nitrogens with one attached hydrogen (secondary N) is 4. The molecule has 0 spiro atoms. The Hall–Kier alpha value is -5.36. The molecule has 4 aromatic carbocycles. The largest absolute Gasteiger partial charge is 0.508 e. The number of sulfonamides is 1. The number of fused-ring (bicyclic) bond motifs is 1. The van der Waals surface area contributed by atoms with Gasteiger partial charge in [-0.05, 0) is 42.5 Å². The highest BCUT2D eigenvalue weighted by Gasteiger charge is 2.20. The quantitative estimate of drug-likeness (QED) is 0.157. The van der Waals surface area contributed by atoms with Gasteiger partial charge in [0.25, 0.3) is 10.0 Å². The number of carbonyl (C=O) groups is 1. The van der Waals surface area contributed by atoms with Gasteiger partial charge in [-0.3, -0.25) is 9.52 Å². The number of phenols is 1. The van der Waals surface area contributed by atoms with Crippen molar-refractivity contribution in [2.24, 2.45) is 0 Å². The maximum Gasteiger partial charge on any atom is 0.263 e. The summed E-state index contributed by atoms with van der Waals surface area (Å²) in [6.07, 6.45) is 0. The second-order valence-electron chi connectivity index (χ2n) is 8.86. The van der Waals surface area contributed by atoms with E-state index < -0.39 is 10.0 Å². The van der Waals surface area contributed by atoms with E-state index in [4.69, 9.17) is 4.74 Å². The van der Waals surface area contributed by atoms with E-state index >= 15 is 0 Å². The smallest absolute Gasteiger partial charge is 0.263 e. The van der Waals surface area contributed by atoms with Gasteiger partial charge < -0.3 is 25.8 Å². The third-order valence-electron chi connectivity index (χ3n) is 5.85. The Balaban J connectivity index is 1.39. The van der Waals surface area contributed by atoms with Gasteiger partial charge in [-0.2, -0.15) is 0 Å². The van der Waals surface area contributed by atoms with Crippen molar-refractivity contribution in [3.8, 4) is 11.5 Å². The first-order chi connectivity index (χ1) is 19.8. The van der Waals surface area contributed by atoms with E-state index in [1.54, 1.807) is 36.4 Å². The van der Waals surface area contributed by atoms with Crippen LogP contribution in [0.25, 0.3) is 11.0 Å². The Kier molecular flexibility index (Phi) is 7.83. The van der Waals surface area contributed by atoms with Crippen LogP contribution in [0.2, 0.25) is 0 Å². The first kappa shape index (κ1) is 27.2. The lowest BCUT2D eigenvalue weighted by Crippen LogP contribution is -2.22. The number of carbonyl (C=O) groups excluding carboxylic acids is 1. The van der Waals surface area contributed by atoms with Crippen LogP contribution < -0.4 is 25.4 Å². The molecule has 0 bridgehead atoms. The molecule has 0 unspecified atom stereocenters. The summed E-state index contributed by atoms with van der Waals surface area (Å²) in [5, 5.41) is 18.8. The lowest BCUT2D eigenvalue weighted by atomic mass is 10.2. The van der Waals surface area contributed by atoms with Crippen LogP contribution >= 0.6 is 0 Å². The number of ether oxygens (including phenoxy) is 1. The summed E-state index contributed by atoms with van der Waals surface area (Å²) >= 11 is 0. The molecule has 41 heavy (non-hydrogen) atoms. The number of phenolic OH excluding ortho intramolecular Hbond substituents is 1. The molecule has 0 aliphatic rings. The monoisotopic (exact) mass is 570 g/mol. The zero-order chi connectivity index (χ0) is 28.8. The molecule has 0 atom stereocenters. The molecule has 0 saturated heterocycles. The molecule has 12 heteroatoms. The van der Waals surface area contributed by atoms with Gasteiger partial charge in [0.1, 0.15) is 11.5 Å². The number of amides is 1. The van der Waals surface area contributed by atoms with Gasteiger partial charge >= 0.3 is 0 Å². The highest BCUT2D eigenvalue weighted by molar-refractivity contribution is 7.92. The number of hydrogen-bond donors (Lipinski definition) is 5. The van der Waals surface area contributed by atoms with Crippen LogP contribution in [-0.4, -0.2) is 43.1 Å². The van der Waals surface area contributed by atoms with Crippen LogP contribution in [0, 0.1) is 0 Å². The Morgan fingerprint density at radius 3 is 2.22 bits per heavy atom. The molecule has 1 amide bonds. The second-order valence-corrected chi connectivity index (χ2v) is 10.5. The van der Waals surface area contributed by atoms with Gasteiger partial charge in [0.15, 0.2) is 11.6 Å². The molecule has 1 aromatic heterocycles. The average molecular weight is 571 g/mol. The number of aromatic hydroxyl groups is 1. The fourth-order valence-corrected chi connectivity index (χ4v) is 4.99. The first-order valence-corrected chi connectivity index (χ1v) is 13.9. The predicted molar refractivity (Wildman–Crippen MR) is 158 cm³/mol. The molecule has 5 rings (SSSR count). The van der Waals surface area contributed by atoms with Crippen molar-refractivity contribution >= 4 is 55.7 Å². The van der Waals surface area contributed by atoms with Crippen molar-refractivity contribution in [3.63, 3.8) is 0 Å². The van der Waals surface area contributed by atoms with E-state index in [0.29, 0.717) is 28.2 Å². The highest BCUT2D eigenvalue weighted by atomic mass is 32.2. The fourth-order valence-electron chi connectivity index (χ4n) is 3.94. The molecule has 0 aliphatic carbocycles. The van der Waals surface area contributed by atoms with Gasteiger partial charge in [0.05, 0.1) is 29.6 Å². The summed E-state index contributed by atoms with van der Waals surface area (Å²) in [5.74, 6) is 0.0374. The van der Waals surface area contributed by atoms with Gasteiger partial charge in [0, 0.05) is 35.3 Å². The Morgan fingerprint density at radius 1 is 0.805 bits per heavy atom. The molecule has 0 fully saturated rings. The normalized spacial score (nSPS) is 11.0. The van der Waals surface area contributed by atoms with E-state index in [-0.39, 0.29) is 34.7 Å². The zero-order valence-corrected chi connectivity index (χ0v) is 22.6.